The summed E-state index contributed by atoms with van der Waals surface area (Å²) in [5.74, 6) is -0.281. The van der Waals surface area contributed by atoms with E-state index in [1.807, 2.05) is 0 Å². The summed E-state index contributed by atoms with van der Waals surface area (Å²) >= 11 is 1.40. The number of nitro benzene ring substituents is 1. The van der Waals surface area contributed by atoms with E-state index < -0.39 is 16.8 Å². The Hall–Kier alpha value is -2.09. The van der Waals surface area contributed by atoms with E-state index in [2.05, 4.69) is 13.8 Å². The van der Waals surface area contributed by atoms with Crippen LogP contribution in [0.2, 0.25) is 0 Å². The summed E-state index contributed by atoms with van der Waals surface area (Å²) in [6.07, 6.45) is 2.48. The van der Waals surface area contributed by atoms with Crippen molar-refractivity contribution in [3.8, 4) is 0 Å². The van der Waals surface area contributed by atoms with Crippen molar-refractivity contribution in [2.45, 2.75) is 44.0 Å². The molecule has 0 aliphatic heterocycles. The van der Waals surface area contributed by atoms with Crippen LogP contribution in [0.15, 0.2) is 23.1 Å². The summed E-state index contributed by atoms with van der Waals surface area (Å²) in [6.45, 7) is 3.79. The van der Waals surface area contributed by atoms with Crippen molar-refractivity contribution < 1.29 is 19.6 Å². The highest BCUT2D eigenvalue weighted by molar-refractivity contribution is 7.99. The van der Waals surface area contributed by atoms with Gasteiger partial charge in [-0.15, -0.1) is 11.8 Å². The Morgan fingerprint density at radius 3 is 2.60 bits per heavy atom. The number of carboxylic acids is 1. The molecule has 1 aliphatic rings. The molecule has 136 valence electrons. The van der Waals surface area contributed by atoms with Crippen molar-refractivity contribution in [1.82, 2.24) is 4.90 Å². The third-order valence-electron chi connectivity index (χ3n) is 3.91. The van der Waals surface area contributed by atoms with Gasteiger partial charge in [-0.05, 0) is 43.1 Å². The maximum Gasteiger partial charge on any atom is 0.323 e. The van der Waals surface area contributed by atoms with E-state index in [1.165, 1.54) is 22.7 Å². The Bertz CT molecular complexity index is 673. The summed E-state index contributed by atoms with van der Waals surface area (Å²) in [5.41, 5.74) is 0.0544. The first-order valence-electron chi connectivity index (χ1n) is 8.23. The molecule has 1 fully saturated rings. The van der Waals surface area contributed by atoms with Gasteiger partial charge >= 0.3 is 5.97 Å². The molecule has 1 aliphatic carbocycles. The average Bonchev–Trinajstić information content (AvgIpc) is 3.36. The molecule has 0 spiro atoms. The first kappa shape index (κ1) is 19.2. The number of rotatable bonds is 9. The van der Waals surface area contributed by atoms with Crippen LogP contribution in [-0.2, 0) is 4.79 Å². The fourth-order valence-corrected chi connectivity index (χ4v) is 3.64. The fraction of sp³-hybridized carbons (Fsp3) is 0.529. The lowest BCUT2D eigenvalue weighted by Gasteiger charge is -2.20. The Morgan fingerprint density at radius 1 is 1.40 bits per heavy atom. The molecule has 1 aromatic rings. The van der Waals surface area contributed by atoms with Crippen molar-refractivity contribution in [2.75, 3.05) is 12.3 Å². The molecule has 1 amide bonds. The van der Waals surface area contributed by atoms with Crippen LogP contribution in [0, 0.1) is 16.0 Å². The molecule has 0 bridgehead atoms. The average molecular weight is 366 g/mol. The van der Waals surface area contributed by atoms with Gasteiger partial charge in [0.1, 0.15) is 6.54 Å². The summed E-state index contributed by atoms with van der Waals surface area (Å²) in [4.78, 5) is 36.2. The van der Waals surface area contributed by atoms with Crippen molar-refractivity contribution in [3.05, 3.63) is 33.9 Å². The number of thioether (sulfide) groups is 1. The van der Waals surface area contributed by atoms with Crippen molar-refractivity contribution in [3.63, 3.8) is 0 Å². The molecule has 2 rings (SSSR count). The highest BCUT2D eigenvalue weighted by Crippen LogP contribution is 2.33. The zero-order valence-electron chi connectivity index (χ0n) is 14.3. The molecule has 0 aromatic heterocycles. The van der Waals surface area contributed by atoms with Crippen molar-refractivity contribution >= 4 is 29.3 Å². The Kier molecular flexibility index (Phi) is 6.41. The van der Waals surface area contributed by atoms with Gasteiger partial charge in [-0.3, -0.25) is 19.7 Å². The second-order valence-corrected chi connectivity index (χ2v) is 7.67. The Labute approximate surface area is 150 Å². The highest BCUT2D eigenvalue weighted by Gasteiger charge is 2.35. The fourth-order valence-electron chi connectivity index (χ4n) is 2.38. The maximum atomic E-state index is 12.6. The van der Waals surface area contributed by atoms with Gasteiger partial charge in [0, 0.05) is 17.7 Å². The van der Waals surface area contributed by atoms with Gasteiger partial charge in [0.25, 0.3) is 11.6 Å². The third kappa shape index (κ3) is 5.45. The number of nitrogens with zero attached hydrogens (tertiary/aromatic N) is 2. The number of benzene rings is 1. The molecule has 8 heteroatoms. The van der Waals surface area contributed by atoms with E-state index in [4.69, 9.17) is 5.11 Å². The van der Waals surface area contributed by atoms with E-state index >= 15 is 0 Å². The minimum atomic E-state index is -1.09. The van der Waals surface area contributed by atoms with Crippen LogP contribution in [0.4, 0.5) is 5.69 Å². The van der Waals surface area contributed by atoms with Crippen LogP contribution in [0.5, 0.6) is 0 Å². The number of carbonyl (C=O) groups is 2. The smallest absolute Gasteiger partial charge is 0.323 e. The minimum Gasteiger partial charge on any atom is -0.480 e. The van der Waals surface area contributed by atoms with Gasteiger partial charge in [-0.25, -0.2) is 0 Å². The number of hydrogen-bond donors (Lipinski definition) is 1. The zero-order valence-corrected chi connectivity index (χ0v) is 15.1. The van der Waals surface area contributed by atoms with Crippen LogP contribution in [-0.4, -0.2) is 45.1 Å². The van der Waals surface area contributed by atoms with E-state index in [0.717, 1.165) is 25.0 Å². The van der Waals surface area contributed by atoms with Gasteiger partial charge in [-0.2, -0.15) is 0 Å². The lowest BCUT2D eigenvalue weighted by Crippen LogP contribution is -2.37. The van der Waals surface area contributed by atoms with Crippen LogP contribution in [0.1, 0.15) is 43.5 Å². The summed E-state index contributed by atoms with van der Waals surface area (Å²) in [7, 11) is 0. The van der Waals surface area contributed by atoms with Crippen molar-refractivity contribution in [1.29, 1.82) is 0 Å². The Balaban J connectivity index is 2.20. The third-order valence-corrected chi connectivity index (χ3v) is 5.01. The number of carbonyl (C=O) groups excluding carboxylic acids is 1. The molecule has 1 saturated carbocycles. The lowest BCUT2D eigenvalue weighted by atomic mass is 10.1. The standard InChI is InChI=1S/C17H22N2O5S/c1-11(2)7-8-25-15-6-3-12(9-14(15)19(23)24)17(22)18(10-16(20)21)13-4-5-13/h3,6,9,11,13H,4-5,7-8,10H2,1-2H3,(H,20,21). The summed E-state index contributed by atoms with van der Waals surface area (Å²) in [6, 6.07) is 4.31. The van der Waals surface area contributed by atoms with Crippen LogP contribution in [0.25, 0.3) is 0 Å². The minimum absolute atomic E-state index is 0.0808. The number of amides is 1. The first-order valence-corrected chi connectivity index (χ1v) is 9.22. The molecule has 1 N–H and O–H groups in total. The predicted octanol–water partition coefficient (Wildman–Crippen LogP) is 3.42. The van der Waals surface area contributed by atoms with Gasteiger partial charge in [0.15, 0.2) is 0 Å². The summed E-state index contributed by atoms with van der Waals surface area (Å²) in [5, 5.41) is 20.3. The van der Waals surface area contributed by atoms with Crippen LogP contribution < -0.4 is 0 Å². The molecule has 0 atom stereocenters. The number of aliphatic carboxylic acids is 1. The quantitative estimate of drug-likeness (QED) is 0.408. The molecular formula is C17H22N2O5S. The van der Waals surface area contributed by atoms with Gasteiger partial charge in [0.2, 0.25) is 0 Å². The molecule has 7 nitrogen and oxygen atoms in total. The van der Waals surface area contributed by atoms with Gasteiger partial charge in [0.05, 0.1) is 9.82 Å². The van der Waals surface area contributed by atoms with E-state index in [-0.39, 0.29) is 23.8 Å². The maximum absolute atomic E-state index is 12.6. The molecule has 0 unspecified atom stereocenters. The second-order valence-electron chi connectivity index (χ2n) is 6.53. The summed E-state index contributed by atoms with van der Waals surface area (Å²) < 4.78 is 0. The molecule has 0 heterocycles. The van der Waals surface area contributed by atoms with E-state index in [9.17, 15) is 19.7 Å². The topological polar surface area (TPSA) is 101 Å². The highest BCUT2D eigenvalue weighted by atomic mass is 32.2. The van der Waals surface area contributed by atoms with Crippen LogP contribution in [0.3, 0.4) is 0 Å². The normalized spacial score (nSPS) is 13.7. The largest absolute Gasteiger partial charge is 0.480 e. The van der Waals surface area contributed by atoms with Crippen LogP contribution >= 0.6 is 11.8 Å². The zero-order chi connectivity index (χ0) is 18.6. The number of carboxylic acid groups (broad SMARTS) is 1. The first-order chi connectivity index (χ1) is 11.8. The number of hydrogen-bond acceptors (Lipinski definition) is 5. The molecule has 25 heavy (non-hydrogen) atoms. The van der Waals surface area contributed by atoms with E-state index in [1.54, 1.807) is 12.1 Å². The van der Waals surface area contributed by atoms with E-state index in [0.29, 0.717) is 10.8 Å². The van der Waals surface area contributed by atoms with Gasteiger partial charge in [-0.1, -0.05) is 13.8 Å². The van der Waals surface area contributed by atoms with Gasteiger partial charge < -0.3 is 10.0 Å². The second kappa shape index (κ2) is 8.33. The monoisotopic (exact) mass is 366 g/mol. The SMILES string of the molecule is CC(C)CCSc1ccc(C(=O)N(CC(=O)O)C2CC2)cc1[N+](=O)[O-]. The van der Waals surface area contributed by atoms with Crippen molar-refractivity contribution in [2.24, 2.45) is 5.92 Å². The molecule has 1 aromatic carbocycles. The molecule has 0 saturated heterocycles. The molecular weight excluding hydrogens is 344 g/mol. The number of nitro groups is 1. The lowest BCUT2D eigenvalue weighted by molar-refractivity contribution is -0.387. The Morgan fingerprint density at radius 2 is 2.08 bits per heavy atom. The molecule has 0 radical (unpaired) electrons. The predicted molar refractivity (Wildman–Crippen MR) is 95.0 cm³/mol.